The van der Waals surface area contributed by atoms with Crippen molar-refractivity contribution in [2.24, 2.45) is 11.7 Å². The van der Waals surface area contributed by atoms with E-state index in [-0.39, 0.29) is 0 Å². The molecule has 0 radical (unpaired) electrons. The maximum Gasteiger partial charge on any atom is 0.208 e. The predicted octanol–water partition coefficient (Wildman–Crippen LogP) is 0.953. The van der Waals surface area contributed by atoms with Crippen molar-refractivity contribution >= 4 is 16.5 Å². The number of hydrogen-bond acceptors (Lipinski definition) is 6. The molecular formula is C12H23N5S. The van der Waals surface area contributed by atoms with Crippen LogP contribution in [0.3, 0.4) is 0 Å². The lowest BCUT2D eigenvalue weighted by Crippen LogP contribution is -2.35. The lowest BCUT2D eigenvalue weighted by molar-refractivity contribution is 0.255. The summed E-state index contributed by atoms with van der Waals surface area (Å²) in [4.78, 5) is 4.88. The molecule has 1 saturated heterocycles. The van der Waals surface area contributed by atoms with Crippen LogP contribution in [0.2, 0.25) is 0 Å². The molecule has 0 saturated carbocycles. The van der Waals surface area contributed by atoms with Gasteiger partial charge in [0.1, 0.15) is 5.01 Å². The second kappa shape index (κ2) is 6.45. The van der Waals surface area contributed by atoms with Gasteiger partial charge in [-0.05, 0) is 32.4 Å². The first kappa shape index (κ1) is 13.7. The zero-order chi connectivity index (χ0) is 13.0. The van der Waals surface area contributed by atoms with Crippen LogP contribution in [0.5, 0.6) is 0 Å². The second-order valence-corrected chi connectivity index (χ2v) is 6.25. The maximum absolute atomic E-state index is 5.70. The van der Waals surface area contributed by atoms with E-state index in [2.05, 4.69) is 26.9 Å². The van der Waals surface area contributed by atoms with Gasteiger partial charge >= 0.3 is 0 Å². The molecule has 0 bridgehead atoms. The lowest BCUT2D eigenvalue weighted by atomic mass is 10.1. The van der Waals surface area contributed by atoms with E-state index >= 15 is 0 Å². The number of aromatic nitrogens is 2. The van der Waals surface area contributed by atoms with Crippen LogP contribution in [0, 0.1) is 12.8 Å². The molecule has 1 fully saturated rings. The Kier molecular flexibility index (Phi) is 4.91. The monoisotopic (exact) mass is 269 g/mol. The average molecular weight is 269 g/mol. The van der Waals surface area contributed by atoms with E-state index in [0.717, 1.165) is 42.9 Å². The number of anilines is 1. The fourth-order valence-corrected chi connectivity index (χ4v) is 3.01. The summed E-state index contributed by atoms with van der Waals surface area (Å²) in [6, 6.07) is 0. The molecule has 6 heteroatoms. The maximum atomic E-state index is 5.70. The SMILES string of the molecule is Cc1nnc(N2CCCN(CC(C)CN)CC2)s1. The molecule has 1 aromatic heterocycles. The van der Waals surface area contributed by atoms with Crippen molar-refractivity contribution in [1.29, 1.82) is 0 Å². The number of hydrogen-bond donors (Lipinski definition) is 1. The zero-order valence-corrected chi connectivity index (χ0v) is 12.1. The van der Waals surface area contributed by atoms with Crippen molar-refractivity contribution in [3.8, 4) is 0 Å². The van der Waals surface area contributed by atoms with Gasteiger partial charge in [0.2, 0.25) is 5.13 Å². The van der Waals surface area contributed by atoms with Gasteiger partial charge in [0.15, 0.2) is 0 Å². The summed E-state index contributed by atoms with van der Waals surface area (Å²) in [5.74, 6) is 0.584. The van der Waals surface area contributed by atoms with Gasteiger partial charge in [0, 0.05) is 26.2 Å². The molecular weight excluding hydrogens is 246 g/mol. The molecule has 18 heavy (non-hydrogen) atoms. The quantitative estimate of drug-likeness (QED) is 0.882. The average Bonchev–Trinajstić information content (AvgIpc) is 2.66. The van der Waals surface area contributed by atoms with Gasteiger partial charge in [0.05, 0.1) is 0 Å². The van der Waals surface area contributed by atoms with Gasteiger partial charge in [0.25, 0.3) is 0 Å². The minimum absolute atomic E-state index is 0.584. The Bertz CT molecular complexity index is 367. The van der Waals surface area contributed by atoms with E-state index in [1.807, 2.05) is 6.92 Å². The largest absolute Gasteiger partial charge is 0.345 e. The first-order valence-corrected chi connectivity index (χ1v) is 7.48. The number of rotatable bonds is 4. The van der Waals surface area contributed by atoms with Crippen molar-refractivity contribution in [3.05, 3.63) is 5.01 Å². The summed E-state index contributed by atoms with van der Waals surface area (Å²) in [6.07, 6.45) is 1.19. The topological polar surface area (TPSA) is 58.3 Å². The van der Waals surface area contributed by atoms with Gasteiger partial charge in [-0.25, -0.2) is 0 Å². The van der Waals surface area contributed by atoms with Crippen molar-refractivity contribution in [2.75, 3.05) is 44.2 Å². The highest BCUT2D eigenvalue weighted by Crippen LogP contribution is 2.20. The predicted molar refractivity (Wildman–Crippen MR) is 76.1 cm³/mol. The molecule has 0 aromatic carbocycles. The minimum Gasteiger partial charge on any atom is -0.345 e. The summed E-state index contributed by atoms with van der Waals surface area (Å²) >= 11 is 1.69. The molecule has 0 amide bonds. The molecule has 1 aliphatic heterocycles. The summed E-state index contributed by atoms with van der Waals surface area (Å²) in [6.45, 7) is 10.5. The van der Waals surface area contributed by atoms with Gasteiger partial charge in [-0.15, -0.1) is 10.2 Å². The molecule has 5 nitrogen and oxygen atoms in total. The van der Waals surface area contributed by atoms with Crippen LogP contribution >= 0.6 is 11.3 Å². The molecule has 1 aromatic rings. The molecule has 2 heterocycles. The van der Waals surface area contributed by atoms with Crippen LogP contribution in [-0.2, 0) is 0 Å². The van der Waals surface area contributed by atoms with Crippen molar-refractivity contribution < 1.29 is 0 Å². The number of nitrogens with two attached hydrogens (primary N) is 1. The van der Waals surface area contributed by atoms with E-state index < -0.39 is 0 Å². The fourth-order valence-electron chi connectivity index (χ4n) is 2.27. The molecule has 1 aliphatic rings. The summed E-state index contributed by atoms with van der Waals surface area (Å²) in [7, 11) is 0. The standard InChI is InChI=1S/C12H23N5S/c1-10(8-13)9-16-4-3-5-17(7-6-16)12-15-14-11(2)18-12/h10H,3-9,13H2,1-2H3. The molecule has 102 valence electrons. The Morgan fingerprint density at radius 3 is 2.78 bits per heavy atom. The third kappa shape index (κ3) is 3.63. The van der Waals surface area contributed by atoms with Crippen molar-refractivity contribution in [2.45, 2.75) is 20.3 Å². The molecule has 2 rings (SSSR count). The van der Waals surface area contributed by atoms with E-state index in [1.54, 1.807) is 11.3 Å². The lowest BCUT2D eigenvalue weighted by Gasteiger charge is -2.23. The second-order valence-electron chi connectivity index (χ2n) is 5.09. The number of nitrogens with zero attached hydrogens (tertiary/aromatic N) is 4. The normalized spacial score (nSPS) is 19.8. The summed E-state index contributed by atoms with van der Waals surface area (Å²) < 4.78 is 0. The fraction of sp³-hybridized carbons (Fsp3) is 0.833. The van der Waals surface area contributed by atoms with Gasteiger partial charge in [-0.3, -0.25) is 0 Å². The van der Waals surface area contributed by atoms with Gasteiger partial charge < -0.3 is 15.5 Å². The number of aryl methyl sites for hydroxylation is 1. The van der Waals surface area contributed by atoms with Gasteiger partial charge in [-0.2, -0.15) is 0 Å². The van der Waals surface area contributed by atoms with E-state index in [0.29, 0.717) is 5.92 Å². The Morgan fingerprint density at radius 2 is 2.11 bits per heavy atom. The molecule has 0 spiro atoms. The summed E-state index contributed by atoms with van der Waals surface area (Å²) in [5, 5.41) is 10.5. The van der Waals surface area contributed by atoms with Crippen molar-refractivity contribution in [3.63, 3.8) is 0 Å². The van der Waals surface area contributed by atoms with E-state index in [1.165, 1.54) is 13.0 Å². The van der Waals surface area contributed by atoms with E-state index in [4.69, 9.17) is 5.73 Å². The van der Waals surface area contributed by atoms with Crippen LogP contribution in [0.1, 0.15) is 18.4 Å². The van der Waals surface area contributed by atoms with Crippen LogP contribution in [0.15, 0.2) is 0 Å². The zero-order valence-electron chi connectivity index (χ0n) is 11.3. The van der Waals surface area contributed by atoms with Crippen LogP contribution in [-0.4, -0.2) is 54.4 Å². The Hall–Kier alpha value is -0.720. The highest BCUT2D eigenvalue weighted by molar-refractivity contribution is 7.15. The molecule has 0 aliphatic carbocycles. The highest BCUT2D eigenvalue weighted by atomic mass is 32.1. The minimum atomic E-state index is 0.584. The molecule has 2 N–H and O–H groups in total. The highest BCUT2D eigenvalue weighted by Gasteiger charge is 2.18. The first-order chi connectivity index (χ1) is 8.69. The Morgan fingerprint density at radius 1 is 1.28 bits per heavy atom. The van der Waals surface area contributed by atoms with E-state index in [9.17, 15) is 0 Å². The van der Waals surface area contributed by atoms with Gasteiger partial charge in [-0.1, -0.05) is 18.3 Å². The third-order valence-electron chi connectivity index (χ3n) is 3.35. The third-order valence-corrected chi connectivity index (χ3v) is 4.25. The molecule has 1 unspecified atom stereocenters. The Labute approximate surface area is 113 Å². The Balaban J connectivity index is 1.88. The van der Waals surface area contributed by atoms with Crippen LogP contribution in [0.4, 0.5) is 5.13 Å². The van der Waals surface area contributed by atoms with Crippen molar-refractivity contribution in [1.82, 2.24) is 15.1 Å². The smallest absolute Gasteiger partial charge is 0.208 e. The first-order valence-electron chi connectivity index (χ1n) is 6.66. The summed E-state index contributed by atoms with van der Waals surface area (Å²) in [5.41, 5.74) is 5.70. The molecule has 1 atom stereocenters. The van der Waals surface area contributed by atoms with Crippen LogP contribution in [0.25, 0.3) is 0 Å². The van der Waals surface area contributed by atoms with Crippen LogP contribution < -0.4 is 10.6 Å².